The molecule has 4 heteroatoms. The fraction of sp³-hybridized carbons (Fsp3) is 0.857. The third kappa shape index (κ3) is 2.75. The van der Waals surface area contributed by atoms with Gasteiger partial charge in [0.1, 0.15) is 0 Å². The van der Waals surface area contributed by atoms with Gasteiger partial charge >= 0.3 is 0 Å². The van der Waals surface area contributed by atoms with Gasteiger partial charge in [-0.25, -0.2) is 0 Å². The van der Waals surface area contributed by atoms with E-state index in [0.29, 0.717) is 6.04 Å². The minimum atomic E-state index is 0.454. The molecule has 4 unspecified atom stereocenters. The maximum Gasteiger partial charge on any atom is 0.0801 e. The zero-order valence-corrected chi connectivity index (χ0v) is 12.8. The van der Waals surface area contributed by atoms with Crippen LogP contribution in [0.3, 0.4) is 0 Å². The SMILES string of the molecule is CCc1nnsc1C(NC)C1CCC(C)C(C)C1. The third-order valence-electron chi connectivity index (χ3n) is 4.62. The fourth-order valence-electron chi connectivity index (χ4n) is 3.17. The van der Waals surface area contributed by atoms with Gasteiger partial charge in [-0.15, -0.1) is 5.10 Å². The van der Waals surface area contributed by atoms with E-state index in [9.17, 15) is 0 Å². The van der Waals surface area contributed by atoms with Crippen molar-refractivity contribution in [1.29, 1.82) is 0 Å². The van der Waals surface area contributed by atoms with Gasteiger partial charge in [0.25, 0.3) is 0 Å². The Balaban J connectivity index is 2.14. The lowest BCUT2D eigenvalue weighted by molar-refractivity contribution is 0.175. The Morgan fingerprint density at radius 3 is 2.72 bits per heavy atom. The van der Waals surface area contributed by atoms with Crippen molar-refractivity contribution in [3.8, 4) is 0 Å². The largest absolute Gasteiger partial charge is 0.312 e. The topological polar surface area (TPSA) is 37.8 Å². The second-order valence-electron chi connectivity index (χ2n) is 5.73. The summed E-state index contributed by atoms with van der Waals surface area (Å²) in [7, 11) is 2.08. The first-order chi connectivity index (χ1) is 8.67. The monoisotopic (exact) mass is 267 g/mol. The Morgan fingerprint density at radius 2 is 2.11 bits per heavy atom. The van der Waals surface area contributed by atoms with Gasteiger partial charge in [0.15, 0.2) is 0 Å². The van der Waals surface area contributed by atoms with E-state index in [-0.39, 0.29) is 0 Å². The number of aryl methyl sites for hydroxylation is 1. The van der Waals surface area contributed by atoms with Gasteiger partial charge in [0.05, 0.1) is 10.6 Å². The van der Waals surface area contributed by atoms with E-state index in [1.807, 2.05) is 0 Å². The van der Waals surface area contributed by atoms with Crippen LogP contribution < -0.4 is 5.32 Å². The second-order valence-corrected chi connectivity index (χ2v) is 6.52. The quantitative estimate of drug-likeness (QED) is 0.908. The molecular formula is C14H25N3S. The van der Waals surface area contributed by atoms with E-state index in [2.05, 4.69) is 42.7 Å². The third-order valence-corrected chi connectivity index (χ3v) is 5.47. The highest BCUT2D eigenvalue weighted by Gasteiger charge is 2.32. The summed E-state index contributed by atoms with van der Waals surface area (Å²) in [6.45, 7) is 6.95. The van der Waals surface area contributed by atoms with Gasteiger partial charge in [0, 0.05) is 6.04 Å². The molecule has 1 aliphatic rings. The lowest BCUT2D eigenvalue weighted by Gasteiger charge is -2.36. The van der Waals surface area contributed by atoms with Crippen LogP contribution in [-0.4, -0.2) is 16.6 Å². The zero-order chi connectivity index (χ0) is 13.1. The smallest absolute Gasteiger partial charge is 0.0801 e. The van der Waals surface area contributed by atoms with Gasteiger partial charge < -0.3 is 5.32 Å². The van der Waals surface area contributed by atoms with Crippen LogP contribution in [0.4, 0.5) is 0 Å². The first-order valence-corrected chi connectivity index (χ1v) is 7.93. The Morgan fingerprint density at radius 1 is 1.33 bits per heavy atom. The molecule has 1 fully saturated rings. The van der Waals surface area contributed by atoms with E-state index >= 15 is 0 Å². The van der Waals surface area contributed by atoms with Gasteiger partial charge in [0.2, 0.25) is 0 Å². The summed E-state index contributed by atoms with van der Waals surface area (Å²) in [6, 6.07) is 0.454. The molecule has 0 spiro atoms. The molecule has 1 aromatic rings. The lowest BCUT2D eigenvalue weighted by Crippen LogP contribution is -2.31. The molecule has 2 rings (SSSR count). The van der Waals surface area contributed by atoms with Crippen LogP contribution in [0.1, 0.15) is 56.6 Å². The van der Waals surface area contributed by atoms with Gasteiger partial charge in [-0.3, -0.25) is 0 Å². The fourth-order valence-corrected chi connectivity index (χ4v) is 4.11. The van der Waals surface area contributed by atoms with E-state index in [1.165, 1.54) is 29.8 Å². The number of rotatable bonds is 4. The maximum absolute atomic E-state index is 4.26. The zero-order valence-electron chi connectivity index (χ0n) is 11.9. The Labute approximate surface area is 115 Å². The van der Waals surface area contributed by atoms with Crippen LogP contribution in [0, 0.1) is 17.8 Å². The molecule has 0 amide bonds. The molecule has 3 nitrogen and oxygen atoms in total. The molecule has 1 N–H and O–H groups in total. The van der Waals surface area contributed by atoms with E-state index < -0.39 is 0 Å². The van der Waals surface area contributed by atoms with Crippen molar-refractivity contribution in [3.05, 3.63) is 10.6 Å². The Kier molecular flexibility index (Phi) is 4.73. The highest BCUT2D eigenvalue weighted by molar-refractivity contribution is 7.05. The molecule has 102 valence electrons. The van der Waals surface area contributed by atoms with Crippen molar-refractivity contribution >= 4 is 11.5 Å². The molecule has 1 aliphatic carbocycles. The van der Waals surface area contributed by atoms with E-state index in [0.717, 1.165) is 24.2 Å². The van der Waals surface area contributed by atoms with E-state index in [4.69, 9.17) is 0 Å². The molecule has 1 aromatic heterocycles. The molecule has 0 aliphatic heterocycles. The van der Waals surface area contributed by atoms with Crippen LogP contribution in [0.25, 0.3) is 0 Å². The summed E-state index contributed by atoms with van der Waals surface area (Å²) >= 11 is 1.58. The molecule has 4 atom stereocenters. The number of aromatic nitrogens is 2. The molecule has 0 radical (unpaired) electrons. The van der Waals surface area contributed by atoms with Crippen molar-refractivity contribution < 1.29 is 0 Å². The van der Waals surface area contributed by atoms with Gasteiger partial charge in [-0.2, -0.15) is 0 Å². The number of hydrogen-bond donors (Lipinski definition) is 1. The Hall–Kier alpha value is -0.480. The molecule has 1 heterocycles. The summed E-state index contributed by atoms with van der Waals surface area (Å²) in [5, 5.41) is 7.78. The standard InChI is InChI=1S/C14H25N3S/c1-5-12-14(18-17-16-12)13(15-4)11-7-6-9(2)10(3)8-11/h9-11,13,15H,5-8H2,1-4H3. The maximum atomic E-state index is 4.26. The number of hydrogen-bond acceptors (Lipinski definition) is 4. The predicted octanol–water partition coefficient (Wildman–Crippen LogP) is 3.43. The normalized spacial score (nSPS) is 30.3. The summed E-state index contributed by atoms with van der Waals surface area (Å²) in [5.74, 6) is 2.46. The first kappa shape index (κ1) is 13.9. The molecule has 1 saturated carbocycles. The lowest BCUT2D eigenvalue weighted by atomic mass is 9.73. The molecule has 18 heavy (non-hydrogen) atoms. The van der Waals surface area contributed by atoms with Crippen LogP contribution in [0.15, 0.2) is 0 Å². The highest BCUT2D eigenvalue weighted by Crippen LogP contribution is 2.41. The van der Waals surface area contributed by atoms with Crippen molar-refractivity contribution in [2.45, 2.75) is 52.5 Å². The number of nitrogens with zero attached hydrogens (tertiary/aromatic N) is 2. The van der Waals surface area contributed by atoms with Crippen LogP contribution in [0.5, 0.6) is 0 Å². The summed E-state index contributed by atoms with van der Waals surface area (Å²) in [6.07, 6.45) is 5.01. The van der Waals surface area contributed by atoms with Gasteiger partial charge in [-0.05, 0) is 55.6 Å². The summed E-state index contributed by atoms with van der Waals surface area (Å²) in [4.78, 5) is 1.37. The van der Waals surface area contributed by atoms with Crippen molar-refractivity contribution in [2.24, 2.45) is 17.8 Å². The molecule has 0 saturated heterocycles. The molecule has 0 bridgehead atoms. The van der Waals surface area contributed by atoms with Crippen molar-refractivity contribution in [1.82, 2.24) is 14.9 Å². The number of nitrogens with one attached hydrogen (secondary N) is 1. The average molecular weight is 267 g/mol. The van der Waals surface area contributed by atoms with Crippen LogP contribution in [0.2, 0.25) is 0 Å². The summed E-state index contributed by atoms with van der Waals surface area (Å²) < 4.78 is 4.14. The predicted molar refractivity (Wildman–Crippen MR) is 76.8 cm³/mol. The van der Waals surface area contributed by atoms with Gasteiger partial charge in [-0.1, -0.05) is 31.7 Å². The average Bonchev–Trinajstić information content (AvgIpc) is 2.83. The van der Waals surface area contributed by atoms with Crippen LogP contribution in [-0.2, 0) is 6.42 Å². The Bertz CT molecular complexity index is 377. The minimum absolute atomic E-state index is 0.454. The second kappa shape index (κ2) is 6.11. The van der Waals surface area contributed by atoms with Crippen molar-refractivity contribution in [3.63, 3.8) is 0 Å². The highest BCUT2D eigenvalue weighted by atomic mass is 32.1. The van der Waals surface area contributed by atoms with Crippen LogP contribution >= 0.6 is 11.5 Å². The minimum Gasteiger partial charge on any atom is -0.312 e. The molecular weight excluding hydrogens is 242 g/mol. The summed E-state index contributed by atoms with van der Waals surface area (Å²) in [5.41, 5.74) is 1.19. The van der Waals surface area contributed by atoms with E-state index in [1.54, 1.807) is 11.5 Å². The molecule has 0 aromatic carbocycles. The first-order valence-electron chi connectivity index (χ1n) is 7.15. The van der Waals surface area contributed by atoms with Crippen molar-refractivity contribution in [2.75, 3.05) is 7.05 Å².